The number of benzene rings is 2. The zero-order chi connectivity index (χ0) is 20.6. The van der Waals surface area contributed by atoms with Crippen molar-refractivity contribution in [2.45, 2.75) is 13.8 Å². The molecule has 0 saturated carbocycles. The molecule has 0 spiro atoms. The number of ether oxygens (including phenoxy) is 1. The summed E-state index contributed by atoms with van der Waals surface area (Å²) in [5, 5.41) is 12.5. The predicted octanol–water partition coefficient (Wildman–Crippen LogP) is 3.45. The number of carbonyl (C=O) groups is 3. The number of halogens is 1. The number of phenols is 1. The molecule has 0 atom stereocenters. The van der Waals surface area contributed by atoms with Gasteiger partial charge >= 0.3 is 6.03 Å². The summed E-state index contributed by atoms with van der Waals surface area (Å²) < 4.78 is 5.67. The molecule has 1 aliphatic heterocycles. The fraction of sp³-hybridized carbons (Fsp3) is 0.150. The van der Waals surface area contributed by atoms with Crippen molar-refractivity contribution in [2.75, 3.05) is 12.0 Å². The zero-order valence-corrected chi connectivity index (χ0v) is 17.0. The van der Waals surface area contributed by atoms with Crippen molar-refractivity contribution in [3.63, 3.8) is 0 Å². The van der Waals surface area contributed by atoms with Crippen LogP contribution in [0, 0.1) is 13.8 Å². The number of urea groups is 1. The van der Waals surface area contributed by atoms with Crippen molar-refractivity contribution >= 4 is 45.5 Å². The predicted molar refractivity (Wildman–Crippen MR) is 107 cm³/mol. The van der Waals surface area contributed by atoms with Gasteiger partial charge in [-0.3, -0.25) is 14.9 Å². The third-order valence-corrected chi connectivity index (χ3v) is 4.61. The Morgan fingerprint density at radius 3 is 2.32 bits per heavy atom. The van der Waals surface area contributed by atoms with E-state index in [9.17, 15) is 19.5 Å². The number of carbonyl (C=O) groups excluding carboxylic acids is 3. The Morgan fingerprint density at radius 1 is 1.07 bits per heavy atom. The molecule has 0 radical (unpaired) electrons. The molecule has 0 aromatic heterocycles. The number of phenolic OH excluding ortho intramolecular Hbond substituents is 1. The number of amides is 4. The number of hydrogen-bond acceptors (Lipinski definition) is 5. The molecule has 2 aromatic carbocycles. The highest BCUT2D eigenvalue weighted by Gasteiger charge is 2.37. The lowest BCUT2D eigenvalue weighted by atomic mass is 10.0. The van der Waals surface area contributed by atoms with Crippen LogP contribution in [0.4, 0.5) is 10.5 Å². The normalized spacial score (nSPS) is 15.8. The van der Waals surface area contributed by atoms with Gasteiger partial charge in [0.05, 0.1) is 12.8 Å². The number of aryl methyl sites for hydroxylation is 2. The van der Waals surface area contributed by atoms with Crippen molar-refractivity contribution in [1.82, 2.24) is 5.32 Å². The van der Waals surface area contributed by atoms with Crippen LogP contribution in [0.2, 0.25) is 0 Å². The van der Waals surface area contributed by atoms with Crippen LogP contribution in [0.3, 0.4) is 0 Å². The fourth-order valence-electron chi connectivity index (χ4n) is 2.99. The van der Waals surface area contributed by atoms with Crippen molar-refractivity contribution in [3.8, 4) is 11.5 Å². The van der Waals surface area contributed by atoms with Gasteiger partial charge in [0, 0.05) is 10.0 Å². The van der Waals surface area contributed by atoms with Crippen LogP contribution in [-0.4, -0.2) is 30.1 Å². The highest BCUT2D eigenvalue weighted by atomic mass is 79.9. The highest BCUT2D eigenvalue weighted by Crippen LogP contribution is 2.35. The van der Waals surface area contributed by atoms with Gasteiger partial charge in [-0.25, -0.2) is 9.69 Å². The van der Waals surface area contributed by atoms with Crippen molar-refractivity contribution in [1.29, 1.82) is 0 Å². The molecular weight excluding hydrogens is 428 g/mol. The Hall–Kier alpha value is -3.13. The minimum Gasteiger partial charge on any atom is -0.504 e. The van der Waals surface area contributed by atoms with E-state index in [4.69, 9.17) is 4.74 Å². The van der Waals surface area contributed by atoms with Crippen LogP contribution in [-0.2, 0) is 9.59 Å². The lowest BCUT2D eigenvalue weighted by Crippen LogP contribution is -2.54. The number of rotatable bonds is 3. The minimum absolute atomic E-state index is 0.173. The van der Waals surface area contributed by atoms with Crippen LogP contribution < -0.4 is 15.0 Å². The maximum atomic E-state index is 13.0. The number of barbiturate groups is 1. The van der Waals surface area contributed by atoms with E-state index < -0.39 is 17.8 Å². The lowest BCUT2D eigenvalue weighted by Gasteiger charge is -2.27. The molecule has 2 aromatic rings. The van der Waals surface area contributed by atoms with Gasteiger partial charge in [0.1, 0.15) is 5.57 Å². The first-order chi connectivity index (χ1) is 13.2. The van der Waals surface area contributed by atoms with Crippen LogP contribution in [0.25, 0.3) is 6.08 Å². The van der Waals surface area contributed by atoms with Crippen LogP contribution in [0.15, 0.2) is 40.4 Å². The number of imide groups is 2. The van der Waals surface area contributed by atoms with E-state index >= 15 is 0 Å². The second kappa shape index (κ2) is 7.47. The van der Waals surface area contributed by atoms with Gasteiger partial charge < -0.3 is 9.84 Å². The first-order valence-electron chi connectivity index (χ1n) is 8.27. The number of hydrogen-bond donors (Lipinski definition) is 2. The Bertz CT molecular complexity index is 1020. The van der Waals surface area contributed by atoms with E-state index in [-0.39, 0.29) is 22.6 Å². The van der Waals surface area contributed by atoms with Gasteiger partial charge in [0.25, 0.3) is 11.8 Å². The zero-order valence-electron chi connectivity index (χ0n) is 15.4. The molecule has 1 saturated heterocycles. The van der Waals surface area contributed by atoms with Gasteiger partial charge in [-0.05, 0) is 55.3 Å². The van der Waals surface area contributed by atoms with E-state index in [1.165, 1.54) is 19.3 Å². The van der Waals surface area contributed by atoms with Crippen molar-refractivity contribution in [3.05, 3.63) is 57.1 Å². The molecule has 4 amide bonds. The molecule has 0 unspecified atom stereocenters. The van der Waals surface area contributed by atoms with Gasteiger partial charge in [-0.15, -0.1) is 0 Å². The Kier molecular flexibility index (Phi) is 5.24. The molecular formula is C20H17BrN2O5. The Balaban J connectivity index is 2.10. The summed E-state index contributed by atoms with van der Waals surface area (Å²) in [5.74, 6) is -1.67. The quantitative estimate of drug-likeness (QED) is 0.558. The number of methoxy groups -OCH3 is 1. The van der Waals surface area contributed by atoms with E-state index in [1.54, 1.807) is 18.2 Å². The highest BCUT2D eigenvalue weighted by molar-refractivity contribution is 9.10. The molecule has 0 bridgehead atoms. The average molecular weight is 445 g/mol. The van der Waals surface area contributed by atoms with E-state index in [0.29, 0.717) is 10.2 Å². The van der Waals surface area contributed by atoms with Crippen LogP contribution in [0.1, 0.15) is 16.7 Å². The van der Waals surface area contributed by atoms with Gasteiger partial charge in [-0.2, -0.15) is 0 Å². The third-order valence-electron chi connectivity index (χ3n) is 4.16. The number of nitrogens with one attached hydrogen (secondary N) is 1. The number of aromatic hydroxyl groups is 1. The smallest absolute Gasteiger partial charge is 0.335 e. The molecule has 1 heterocycles. The molecule has 0 aliphatic carbocycles. The van der Waals surface area contributed by atoms with Crippen LogP contribution in [0.5, 0.6) is 11.5 Å². The van der Waals surface area contributed by atoms with Crippen LogP contribution >= 0.6 is 15.9 Å². The molecule has 1 fully saturated rings. The molecule has 7 nitrogen and oxygen atoms in total. The maximum absolute atomic E-state index is 13.0. The summed E-state index contributed by atoms with van der Waals surface area (Å²) >= 11 is 3.29. The summed E-state index contributed by atoms with van der Waals surface area (Å²) in [4.78, 5) is 38.5. The first-order valence-corrected chi connectivity index (χ1v) is 9.07. The van der Waals surface area contributed by atoms with E-state index in [2.05, 4.69) is 21.2 Å². The second-order valence-corrected chi connectivity index (χ2v) is 7.27. The summed E-state index contributed by atoms with van der Waals surface area (Å²) in [5.41, 5.74) is 2.00. The molecule has 144 valence electrons. The maximum Gasteiger partial charge on any atom is 0.335 e. The Morgan fingerprint density at radius 2 is 1.71 bits per heavy atom. The summed E-state index contributed by atoms with van der Waals surface area (Å²) in [7, 11) is 1.39. The average Bonchev–Trinajstić information content (AvgIpc) is 2.60. The first kappa shape index (κ1) is 19.6. The van der Waals surface area contributed by atoms with E-state index in [0.717, 1.165) is 16.0 Å². The van der Waals surface area contributed by atoms with Crippen molar-refractivity contribution < 1.29 is 24.2 Å². The summed E-state index contributed by atoms with van der Waals surface area (Å²) in [6.07, 6.45) is 1.22. The van der Waals surface area contributed by atoms with Crippen molar-refractivity contribution in [2.24, 2.45) is 0 Å². The Labute approximate surface area is 169 Å². The molecule has 1 aliphatic rings. The third kappa shape index (κ3) is 3.63. The molecule has 3 rings (SSSR count). The van der Waals surface area contributed by atoms with Gasteiger partial charge in [-0.1, -0.05) is 22.0 Å². The lowest BCUT2D eigenvalue weighted by molar-refractivity contribution is -0.122. The van der Waals surface area contributed by atoms with Gasteiger partial charge in [0.15, 0.2) is 11.5 Å². The topological polar surface area (TPSA) is 95.9 Å². The van der Waals surface area contributed by atoms with E-state index in [1.807, 2.05) is 19.9 Å². The summed E-state index contributed by atoms with van der Waals surface area (Å²) in [6.45, 7) is 3.69. The molecule has 8 heteroatoms. The summed E-state index contributed by atoms with van der Waals surface area (Å²) in [6, 6.07) is 7.51. The minimum atomic E-state index is -0.839. The second-order valence-electron chi connectivity index (χ2n) is 6.35. The fourth-order valence-corrected chi connectivity index (χ4v) is 3.44. The molecule has 28 heavy (non-hydrogen) atoms. The SMILES string of the molecule is COc1cc(Br)cc(/C=C2/C(=O)NC(=O)N(c3cc(C)cc(C)c3)C2=O)c1O. The standard InChI is InChI=1S/C20H17BrN2O5/c1-10-4-11(2)6-14(5-10)23-19(26)15(18(25)22-20(23)27)8-12-7-13(21)9-16(28-3)17(12)24/h4-9,24H,1-3H3,(H,22,25,27)/b15-8-. The monoisotopic (exact) mass is 444 g/mol. The van der Waals surface area contributed by atoms with Gasteiger partial charge in [0.2, 0.25) is 0 Å². The molecule has 2 N–H and O–H groups in total. The number of nitrogens with zero attached hydrogens (tertiary/aromatic N) is 1. The number of anilines is 1. The largest absolute Gasteiger partial charge is 0.504 e.